The SMILES string of the molecule is CCOC(=O)[C@@H]1CCCN(C(=O)c2c[nH]c(C(=O)N3CCCC3)c2)C1. The molecule has 2 aliphatic rings. The molecule has 2 saturated heterocycles. The van der Waals surface area contributed by atoms with E-state index in [0.29, 0.717) is 31.0 Å². The van der Waals surface area contributed by atoms with Gasteiger partial charge < -0.3 is 19.5 Å². The predicted octanol–water partition coefficient (Wildman–Crippen LogP) is 1.67. The van der Waals surface area contributed by atoms with Gasteiger partial charge in [-0.05, 0) is 38.7 Å². The van der Waals surface area contributed by atoms with E-state index in [2.05, 4.69) is 4.98 Å². The summed E-state index contributed by atoms with van der Waals surface area (Å²) < 4.78 is 5.07. The molecule has 7 heteroatoms. The van der Waals surface area contributed by atoms with Crippen molar-refractivity contribution in [1.29, 1.82) is 0 Å². The van der Waals surface area contributed by atoms with Crippen LogP contribution in [0.5, 0.6) is 0 Å². The van der Waals surface area contributed by atoms with E-state index >= 15 is 0 Å². The summed E-state index contributed by atoms with van der Waals surface area (Å²) in [5.41, 5.74) is 0.913. The summed E-state index contributed by atoms with van der Waals surface area (Å²) in [6, 6.07) is 1.62. The van der Waals surface area contributed by atoms with Crippen molar-refractivity contribution in [1.82, 2.24) is 14.8 Å². The summed E-state index contributed by atoms with van der Waals surface area (Å²) >= 11 is 0. The molecule has 1 atom stereocenters. The molecule has 0 bridgehead atoms. The van der Waals surface area contributed by atoms with Crippen LogP contribution in [-0.4, -0.2) is 65.4 Å². The van der Waals surface area contributed by atoms with Crippen LogP contribution in [0.1, 0.15) is 53.5 Å². The molecule has 1 aromatic heterocycles. The summed E-state index contributed by atoms with van der Waals surface area (Å²) in [5.74, 6) is -0.702. The van der Waals surface area contributed by atoms with Gasteiger partial charge in [0.2, 0.25) is 0 Å². The first kappa shape index (κ1) is 17.5. The highest BCUT2D eigenvalue weighted by atomic mass is 16.5. The Morgan fingerprint density at radius 2 is 1.84 bits per heavy atom. The Labute approximate surface area is 147 Å². The quantitative estimate of drug-likeness (QED) is 0.840. The first-order valence-corrected chi connectivity index (χ1v) is 9.03. The highest BCUT2D eigenvalue weighted by molar-refractivity contribution is 5.99. The highest BCUT2D eigenvalue weighted by Crippen LogP contribution is 2.21. The zero-order valence-electron chi connectivity index (χ0n) is 14.6. The van der Waals surface area contributed by atoms with Gasteiger partial charge in [0.25, 0.3) is 11.8 Å². The van der Waals surface area contributed by atoms with Gasteiger partial charge in [-0.25, -0.2) is 0 Å². The molecule has 136 valence electrons. The summed E-state index contributed by atoms with van der Waals surface area (Å²) in [6.07, 6.45) is 5.16. The molecule has 1 aromatic rings. The Balaban J connectivity index is 1.64. The van der Waals surface area contributed by atoms with Crippen LogP contribution in [0.25, 0.3) is 0 Å². The van der Waals surface area contributed by atoms with E-state index in [4.69, 9.17) is 4.74 Å². The van der Waals surface area contributed by atoms with Crippen molar-refractivity contribution >= 4 is 17.8 Å². The smallest absolute Gasteiger partial charge is 0.310 e. The second-order valence-corrected chi connectivity index (χ2v) is 6.64. The third-order valence-electron chi connectivity index (χ3n) is 4.88. The lowest BCUT2D eigenvalue weighted by Crippen LogP contribution is -2.42. The van der Waals surface area contributed by atoms with Crippen LogP contribution in [0.15, 0.2) is 12.3 Å². The molecule has 3 heterocycles. The van der Waals surface area contributed by atoms with Gasteiger partial charge in [0.15, 0.2) is 0 Å². The number of esters is 1. The van der Waals surface area contributed by atoms with Gasteiger partial charge in [-0.1, -0.05) is 0 Å². The van der Waals surface area contributed by atoms with E-state index in [9.17, 15) is 14.4 Å². The van der Waals surface area contributed by atoms with Crippen LogP contribution in [0.3, 0.4) is 0 Å². The van der Waals surface area contributed by atoms with E-state index in [-0.39, 0.29) is 23.7 Å². The standard InChI is InChI=1S/C18H25N3O4/c1-2-25-18(24)13-6-5-9-21(12-13)16(22)14-10-15(19-11-14)17(23)20-7-3-4-8-20/h10-11,13,19H,2-9,12H2,1H3/t13-/m1/s1. The molecule has 7 nitrogen and oxygen atoms in total. The lowest BCUT2D eigenvalue weighted by Gasteiger charge is -2.31. The monoisotopic (exact) mass is 347 g/mol. The lowest BCUT2D eigenvalue weighted by molar-refractivity contribution is -0.149. The van der Waals surface area contributed by atoms with Gasteiger partial charge in [0.1, 0.15) is 5.69 Å². The lowest BCUT2D eigenvalue weighted by atomic mass is 9.97. The summed E-state index contributed by atoms with van der Waals surface area (Å²) in [6.45, 7) is 4.67. The number of likely N-dealkylation sites (tertiary alicyclic amines) is 2. The molecule has 1 N–H and O–H groups in total. The number of ether oxygens (including phenoxy) is 1. The minimum atomic E-state index is -0.262. The number of hydrogen-bond acceptors (Lipinski definition) is 4. The fourth-order valence-electron chi connectivity index (χ4n) is 3.53. The van der Waals surface area contributed by atoms with Crippen LogP contribution < -0.4 is 0 Å². The normalized spacial score (nSPS) is 20.6. The number of amides is 2. The maximum Gasteiger partial charge on any atom is 0.310 e. The van der Waals surface area contributed by atoms with E-state index in [1.807, 2.05) is 0 Å². The van der Waals surface area contributed by atoms with Gasteiger partial charge in [0, 0.05) is 32.4 Å². The average molecular weight is 347 g/mol. The van der Waals surface area contributed by atoms with Crippen molar-refractivity contribution in [3.05, 3.63) is 23.5 Å². The second kappa shape index (κ2) is 7.72. The van der Waals surface area contributed by atoms with Crippen molar-refractivity contribution in [3.8, 4) is 0 Å². The number of hydrogen-bond donors (Lipinski definition) is 1. The van der Waals surface area contributed by atoms with Crippen molar-refractivity contribution in [3.63, 3.8) is 0 Å². The van der Waals surface area contributed by atoms with Gasteiger partial charge in [0.05, 0.1) is 18.1 Å². The van der Waals surface area contributed by atoms with E-state index < -0.39 is 0 Å². The Morgan fingerprint density at radius 3 is 2.56 bits per heavy atom. The molecule has 3 rings (SSSR count). The largest absolute Gasteiger partial charge is 0.466 e. The van der Waals surface area contributed by atoms with Crippen LogP contribution in [-0.2, 0) is 9.53 Å². The van der Waals surface area contributed by atoms with Crippen molar-refractivity contribution in [2.75, 3.05) is 32.8 Å². The Morgan fingerprint density at radius 1 is 1.12 bits per heavy atom. The minimum Gasteiger partial charge on any atom is -0.466 e. The maximum atomic E-state index is 12.7. The first-order chi connectivity index (χ1) is 12.1. The Kier molecular flexibility index (Phi) is 5.40. The molecule has 2 fully saturated rings. The number of carbonyl (C=O) groups is 3. The number of aromatic nitrogens is 1. The number of piperidine rings is 1. The fourth-order valence-corrected chi connectivity index (χ4v) is 3.53. The number of carbonyl (C=O) groups excluding carboxylic acids is 3. The summed E-state index contributed by atoms with van der Waals surface area (Å²) in [7, 11) is 0. The van der Waals surface area contributed by atoms with E-state index in [0.717, 1.165) is 38.8 Å². The molecule has 0 radical (unpaired) electrons. The van der Waals surface area contributed by atoms with Gasteiger partial charge in [-0.2, -0.15) is 0 Å². The molecule has 0 aromatic carbocycles. The molecule has 0 unspecified atom stereocenters. The molecule has 2 amide bonds. The number of nitrogens with one attached hydrogen (secondary N) is 1. The first-order valence-electron chi connectivity index (χ1n) is 9.03. The van der Waals surface area contributed by atoms with Gasteiger partial charge in [-0.3, -0.25) is 14.4 Å². The van der Waals surface area contributed by atoms with Crippen molar-refractivity contribution in [2.24, 2.45) is 5.92 Å². The molecule has 0 aliphatic carbocycles. The number of nitrogens with zero attached hydrogens (tertiary/aromatic N) is 2. The van der Waals surface area contributed by atoms with Crippen LogP contribution in [0.4, 0.5) is 0 Å². The van der Waals surface area contributed by atoms with Gasteiger partial charge in [-0.15, -0.1) is 0 Å². The van der Waals surface area contributed by atoms with E-state index in [1.54, 1.807) is 29.0 Å². The molecular weight excluding hydrogens is 322 g/mol. The topological polar surface area (TPSA) is 82.7 Å². The third-order valence-corrected chi connectivity index (χ3v) is 4.88. The van der Waals surface area contributed by atoms with Crippen LogP contribution in [0, 0.1) is 5.92 Å². The Bertz CT molecular complexity index is 649. The molecule has 2 aliphatic heterocycles. The molecule has 0 saturated carbocycles. The maximum absolute atomic E-state index is 12.7. The van der Waals surface area contributed by atoms with E-state index in [1.165, 1.54) is 0 Å². The third kappa shape index (κ3) is 3.86. The van der Waals surface area contributed by atoms with Crippen LogP contribution >= 0.6 is 0 Å². The van der Waals surface area contributed by atoms with Crippen LogP contribution in [0.2, 0.25) is 0 Å². The number of aromatic amines is 1. The molecule has 0 spiro atoms. The average Bonchev–Trinajstić information content (AvgIpc) is 3.33. The Hall–Kier alpha value is -2.31. The predicted molar refractivity (Wildman–Crippen MR) is 91.2 cm³/mol. The fraction of sp³-hybridized carbons (Fsp3) is 0.611. The molecular formula is C18H25N3O4. The summed E-state index contributed by atoms with van der Waals surface area (Å²) in [4.78, 5) is 43.4. The summed E-state index contributed by atoms with van der Waals surface area (Å²) in [5, 5.41) is 0. The molecule has 25 heavy (non-hydrogen) atoms. The van der Waals surface area contributed by atoms with Gasteiger partial charge >= 0.3 is 5.97 Å². The highest BCUT2D eigenvalue weighted by Gasteiger charge is 2.30. The number of H-pyrrole nitrogens is 1. The minimum absolute atomic E-state index is 0.0559. The second-order valence-electron chi connectivity index (χ2n) is 6.64. The zero-order valence-corrected chi connectivity index (χ0v) is 14.6. The van der Waals surface area contributed by atoms with Crippen molar-refractivity contribution in [2.45, 2.75) is 32.6 Å². The zero-order chi connectivity index (χ0) is 17.8. The number of rotatable bonds is 4. The van der Waals surface area contributed by atoms with Crippen molar-refractivity contribution < 1.29 is 19.1 Å².